The van der Waals surface area contributed by atoms with E-state index >= 15 is 0 Å². The second-order valence-electron chi connectivity index (χ2n) is 6.94. The van der Waals surface area contributed by atoms with E-state index in [9.17, 15) is 0 Å². The maximum atomic E-state index is 6.47. The summed E-state index contributed by atoms with van der Waals surface area (Å²) in [5, 5.41) is 4.48. The van der Waals surface area contributed by atoms with Crippen LogP contribution in [0.15, 0.2) is 30.3 Å². The average molecular weight is 355 g/mol. The number of aryl methyl sites for hydroxylation is 2. The Morgan fingerprint density at radius 2 is 1.84 bits per heavy atom. The molecule has 0 saturated heterocycles. The van der Waals surface area contributed by atoms with Crippen LogP contribution in [0.2, 0.25) is 5.02 Å². The monoisotopic (exact) mass is 354 g/mol. The molecule has 5 heteroatoms. The maximum absolute atomic E-state index is 6.47. The number of fused-ring (bicyclic) bond motifs is 1. The number of rotatable bonds is 3. The van der Waals surface area contributed by atoms with Crippen LogP contribution in [0.5, 0.6) is 0 Å². The van der Waals surface area contributed by atoms with Gasteiger partial charge < -0.3 is 5.32 Å². The summed E-state index contributed by atoms with van der Waals surface area (Å²) in [4.78, 5) is 9.47. The number of nitrogens with one attached hydrogen (secondary N) is 1. The molecule has 0 unspecified atom stereocenters. The molecule has 0 amide bonds. The Morgan fingerprint density at radius 1 is 1.08 bits per heavy atom. The zero-order valence-corrected chi connectivity index (χ0v) is 15.5. The molecule has 0 spiro atoms. The highest BCUT2D eigenvalue weighted by molar-refractivity contribution is 6.33. The summed E-state index contributed by atoms with van der Waals surface area (Å²) in [5.74, 6) is 1.74. The molecule has 0 aliphatic heterocycles. The lowest BCUT2D eigenvalue weighted by atomic mass is 9.95. The molecule has 2 aromatic heterocycles. The highest BCUT2D eigenvalue weighted by Crippen LogP contribution is 2.35. The average Bonchev–Trinajstić information content (AvgIpc) is 2.94. The van der Waals surface area contributed by atoms with Crippen molar-refractivity contribution in [2.75, 3.05) is 5.32 Å². The van der Waals surface area contributed by atoms with Crippen LogP contribution in [0.4, 0.5) is 5.82 Å². The van der Waals surface area contributed by atoms with E-state index in [2.05, 4.69) is 27.7 Å². The fraction of sp³-hybridized carbons (Fsp3) is 0.400. The molecule has 1 aromatic carbocycles. The van der Waals surface area contributed by atoms with Crippen molar-refractivity contribution < 1.29 is 0 Å². The third-order valence-corrected chi connectivity index (χ3v) is 5.31. The number of hydrogen-bond donors (Lipinski definition) is 1. The van der Waals surface area contributed by atoms with Gasteiger partial charge in [-0.25, -0.2) is 9.97 Å². The van der Waals surface area contributed by atoms with Gasteiger partial charge in [-0.05, 0) is 38.8 Å². The van der Waals surface area contributed by atoms with E-state index in [0.29, 0.717) is 11.1 Å². The fourth-order valence-electron chi connectivity index (χ4n) is 3.79. The number of hydrogen-bond acceptors (Lipinski definition) is 3. The van der Waals surface area contributed by atoms with Crippen LogP contribution in [0.1, 0.15) is 43.5 Å². The number of imidazole rings is 1. The molecule has 0 bridgehead atoms. The first-order valence-corrected chi connectivity index (χ1v) is 9.39. The van der Waals surface area contributed by atoms with Gasteiger partial charge in [0.25, 0.3) is 0 Å². The molecule has 0 radical (unpaired) electrons. The van der Waals surface area contributed by atoms with Crippen LogP contribution in [-0.2, 0) is 0 Å². The van der Waals surface area contributed by atoms with E-state index in [1.54, 1.807) is 0 Å². The van der Waals surface area contributed by atoms with Crippen molar-refractivity contribution >= 4 is 23.2 Å². The Hall–Kier alpha value is -2.07. The number of aromatic nitrogens is 3. The van der Waals surface area contributed by atoms with Gasteiger partial charge in [0.1, 0.15) is 11.5 Å². The minimum absolute atomic E-state index is 0.482. The summed E-state index contributed by atoms with van der Waals surface area (Å²) in [5.41, 5.74) is 3.94. The van der Waals surface area contributed by atoms with Crippen LogP contribution in [-0.4, -0.2) is 20.4 Å². The quantitative estimate of drug-likeness (QED) is 0.683. The fourth-order valence-corrected chi connectivity index (χ4v) is 4.01. The number of nitrogens with zero attached hydrogens (tertiary/aromatic N) is 3. The van der Waals surface area contributed by atoms with Gasteiger partial charge in [0, 0.05) is 23.0 Å². The lowest BCUT2D eigenvalue weighted by molar-refractivity contribution is 0.461. The van der Waals surface area contributed by atoms with Crippen LogP contribution >= 0.6 is 11.6 Å². The third kappa shape index (κ3) is 3.11. The van der Waals surface area contributed by atoms with E-state index in [-0.39, 0.29) is 0 Å². The van der Waals surface area contributed by atoms with Crippen LogP contribution in [0.25, 0.3) is 17.0 Å². The van der Waals surface area contributed by atoms with Gasteiger partial charge in [-0.15, -0.1) is 0 Å². The lowest BCUT2D eigenvalue weighted by Gasteiger charge is -2.24. The van der Waals surface area contributed by atoms with Crippen LogP contribution in [0, 0.1) is 13.8 Å². The van der Waals surface area contributed by atoms with Crippen LogP contribution < -0.4 is 5.32 Å². The van der Waals surface area contributed by atoms with Crippen molar-refractivity contribution in [1.29, 1.82) is 0 Å². The Morgan fingerprint density at radius 3 is 2.60 bits per heavy atom. The topological polar surface area (TPSA) is 42.2 Å². The summed E-state index contributed by atoms with van der Waals surface area (Å²) in [6, 6.07) is 10.5. The van der Waals surface area contributed by atoms with Gasteiger partial charge in [0.2, 0.25) is 5.78 Å². The Balaban J connectivity index is 1.90. The summed E-state index contributed by atoms with van der Waals surface area (Å²) in [6.07, 6.45) is 6.31. The molecule has 4 rings (SSSR count). The normalized spacial score (nSPS) is 15.6. The minimum Gasteiger partial charge on any atom is -0.367 e. The van der Waals surface area contributed by atoms with Gasteiger partial charge in [-0.2, -0.15) is 0 Å². The van der Waals surface area contributed by atoms with Crippen molar-refractivity contribution in [3.8, 4) is 11.3 Å². The number of anilines is 1. The highest BCUT2D eigenvalue weighted by Gasteiger charge is 2.22. The lowest BCUT2D eigenvalue weighted by Crippen LogP contribution is -2.23. The summed E-state index contributed by atoms with van der Waals surface area (Å²) in [7, 11) is 0. The first-order valence-electron chi connectivity index (χ1n) is 9.01. The predicted molar refractivity (Wildman–Crippen MR) is 103 cm³/mol. The van der Waals surface area contributed by atoms with Crippen molar-refractivity contribution in [3.05, 3.63) is 46.7 Å². The van der Waals surface area contributed by atoms with Gasteiger partial charge in [-0.3, -0.25) is 4.40 Å². The smallest absolute Gasteiger partial charge is 0.236 e. The molecule has 3 aromatic rings. The second kappa shape index (κ2) is 6.68. The number of halogens is 1. The molecule has 1 saturated carbocycles. The molecule has 1 fully saturated rings. The maximum Gasteiger partial charge on any atom is 0.236 e. The summed E-state index contributed by atoms with van der Waals surface area (Å²) in [6.45, 7) is 4.11. The molecular formula is C20H23ClN4. The first kappa shape index (κ1) is 16.4. The summed E-state index contributed by atoms with van der Waals surface area (Å²) < 4.78 is 2.13. The molecular weight excluding hydrogens is 332 g/mol. The zero-order valence-electron chi connectivity index (χ0n) is 14.7. The van der Waals surface area contributed by atoms with Crippen molar-refractivity contribution in [2.45, 2.75) is 52.0 Å². The van der Waals surface area contributed by atoms with E-state index in [1.165, 1.54) is 32.1 Å². The molecule has 1 aliphatic carbocycles. The third-order valence-electron chi connectivity index (χ3n) is 4.98. The molecule has 4 nitrogen and oxygen atoms in total. The standard InChI is InChI=1S/C20H23ClN4/c1-13-12-14(2)25-19(23-15-8-4-3-5-9-15)18(24-20(25)22-13)16-10-6-7-11-17(16)21/h6-7,10-12,15,23H,3-5,8-9H2,1-2H3. The van der Waals surface area contributed by atoms with Gasteiger partial charge in [0.15, 0.2) is 0 Å². The number of benzene rings is 1. The minimum atomic E-state index is 0.482. The molecule has 1 aliphatic rings. The Labute approximate surface area is 153 Å². The van der Waals surface area contributed by atoms with Crippen molar-refractivity contribution in [1.82, 2.24) is 14.4 Å². The van der Waals surface area contributed by atoms with Crippen molar-refractivity contribution in [3.63, 3.8) is 0 Å². The Bertz CT molecular complexity index is 909. The molecule has 130 valence electrons. The van der Waals surface area contributed by atoms with E-state index in [4.69, 9.17) is 16.6 Å². The van der Waals surface area contributed by atoms with Gasteiger partial charge in [0.05, 0.1) is 5.02 Å². The SMILES string of the molecule is Cc1cc(C)n2c(NC3CCCCC3)c(-c3ccccc3Cl)nc2n1. The van der Waals surface area contributed by atoms with Gasteiger partial charge >= 0.3 is 0 Å². The van der Waals surface area contributed by atoms with Crippen LogP contribution in [0.3, 0.4) is 0 Å². The van der Waals surface area contributed by atoms with Gasteiger partial charge in [-0.1, -0.05) is 49.1 Å². The van der Waals surface area contributed by atoms with E-state index in [0.717, 1.165) is 34.2 Å². The first-order chi connectivity index (χ1) is 12.1. The predicted octanol–water partition coefficient (Wildman–Crippen LogP) is 5.41. The Kier molecular flexibility index (Phi) is 4.38. The molecule has 0 atom stereocenters. The van der Waals surface area contributed by atoms with E-state index < -0.39 is 0 Å². The van der Waals surface area contributed by atoms with E-state index in [1.807, 2.05) is 31.2 Å². The molecule has 1 N–H and O–H groups in total. The second-order valence-corrected chi connectivity index (χ2v) is 7.35. The largest absolute Gasteiger partial charge is 0.367 e. The molecule has 25 heavy (non-hydrogen) atoms. The summed E-state index contributed by atoms with van der Waals surface area (Å²) >= 11 is 6.47. The zero-order chi connectivity index (χ0) is 17.4. The molecule has 2 heterocycles. The van der Waals surface area contributed by atoms with Crippen molar-refractivity contribution in [2.24, 2.45) is 0 Å². The highest BCUT2D eigenvalue weighted by atomic mass is 35.5.